The lowest BCUT2D eigenvalue weighted by molar-refractivity contribution is -0.388. The number of carbonyl (C=O) groups excluding carboxylic acids is 2. The maximum atomic E-state index is 12.1. The highest BCUT2D eigenvalue weighted by Gasteiger charge is 2.62. The Labute approximate surface area is 310 Å². The first-order valence-corrected chi connectivity index (χ1v) is 18.0. The third-order valence-electron chi connectivity index (χ3n) is 11.6. The van der Waals surface area contributed by atoms with Gasteiger partial charge in [0.2, 0.25) is 6.29 Å². The zero-order chi connectivity index (χ0) is 39.4. The zero-order valence-electron chi connectivity index (χ0n) is 30.2. The molecule has 54 heavy (non-hydrogen) atoms. The third-order valence-corrected chi connectivity index (χ3v) is 11.6. The molecule has 4 heterocycles. The van der Waals surface area contributed by atoms with Gasteiger partial charge in [-0.3, -0.25) is 9.59 Å². The van der Waals surface area contributed by atoms with Crippen molar-refractivity contribution >= 4 is 11.9 Å². The summed E-state index contributed by atoms with van der Waals surface area (Å²) in [5, 5.41) is 95.5. The van der Waals surface area contributed by atoms with Crippen LogP contribution in [0.1, 0.15) is 47.0 Å². The number of hydrogen-bond acceptors (Lipinski definition) is 20. The van der Waals surface area contributed by atoms with E-state index in [9.17, 15) is 55.5 Å². The molecule has 6 aliphatic rings. The van der Waals surface area contributed by atoms with Crippen LogP contribution >= 0.6 is 0 Å². The van der Waals surface area contributed by atoms with Crippen LogP contribution in [0, 0.1) is 23.7 Å². The molecule has 6 rings (SSSR count). The Balaban J connectivity index is 1.17. The van der Waals surface area contributed by atoms with Gasteiger partial charge in [0.1, 0.15) is 60.0 Å². The van der Waals surface area contributed by atoms with Gasteiger partial charge in [-0.15, -0.1) is 0 Å². The van der Waals surface area contributed by atoms with Gasteiger partial charge < -0.3 is 88.6 Å². The molecule has 0 spiro atoms. The first-order valence-electron chi connectivity index (χ1n) is 18.0. The molecule has 2 aliphatic carbocycles. The molecule has 21 atom stereocenters. The molecule has 0 radical (unpaired) electrons. The predicted octanol–water partition coefficient (Wildman–Crippen LogP) is -3.78. The van der Waals surface area contributed by atoms with Crippen molar-refractivity contribution in [2.24, 2.45) is 23.7 Å². The molecule has 0 amide bonds. The summed E-state index contributed by atoms with van der Waals surface area (Å²) in [7, 11) is 0. The summed E-state index contributed by atoms with van der Waals surface area (Å²) in [5.74, 6) is -4.14. The molecular weight excluding hydrogens is 728 g/mol. The van der Waals surface area contributed by atoms with Crippen LogP contribution in [0.15, 0.2) is 12.3 Å². The van der Waals surface area contributed by atoms with E-state index < -0.39 is 153 Å². The molecule has 20 heteroatoms. The predicted molar refractivity (Wildman–Crippen MR) is 171 cm³/mol. The van der Waals surface area contributed by atoms with Crippen molar-refractivity contribution in [3.8, 4) is 0 Å². The van der Waals surface area contributed by atoms with Crippen LogP contribution in [0.2, 0.25) is 0 Å². The Bertz CT molecular complexity index is 1370. The van der Waals surface area contributed by atoms with E-state index in [1.54, 1.807) is 19.9 Å². The lowest BCUT2D eigenvalue weighted by Crippen LogP contribution is -2.62. The summed E-state index contributed by atoms with van der Waals surface area (Å²) >= 11 is 0. The standard InChI is InChI=1S/C34H52O20/c1-12(36)53-33(3)8-16(38)14-5-6-46-29(21(14)33)51-32-28(45)26(43)24(41)19(49-32)11-47-20-7-15-17(39)9-34(4,54-13(2)37)22(15)30(50-20)52-31-27(44)25(42)23(40)18(10-35)48-31/h5-6,14-32,35,38-45H,7-11H2,1-4H3. The number of esters is 2. The lowest BCUT2D eigenvalue weighted by atomic mass is 9.82. The van der Waals surface area contributed by atoms with Crippen molar-refractivity contribution in [1.82, 2.24) is 0 Å². The SMILES string of the molecule is CC(=O)OC1(C)CC(O)C2C=COC(OC3OC(COC4CC5C(O)CC(C)(OC(C)=O)C5C(OC5OC(CO)C(O)C(O)C5O)O4)C(O)C(O)C3O)C21. The van der Waals surface area contributed by atoms with Gasteiger partial charge in [-0.1, -0.05) is 0 Å². The third kappa shape index (κ3) is 7.89. The molecule has 0 bridgehead atoms. The van der Waals surface area contributed by atoms with Crippen molar-refractivity contribution in [3.63, 3.8) is 0 Å². The smallest absolute Gasteiger partial charge is 0.303 e. The van der Waals surface area contributed by atoms with E-state index in [-0.39, 0.29) is 19.3 Å². The molecule has 0 aromatic carbocycles. The Hall–Kier alpha value is -2.12. The monoisotopic (exact) mass is 780 g/mol. The van der Waals surface area contributed by atoms with Crippen molar-refractivity contribution in [2.45, 2.75) is 151 Å². The summed E-state index contributed by atoms with van der Waals surface area (Å²) in [5.41, 5.74) is -2.57. The van der Waals surface area contributed by atoms with Crippen LogP contribution in [0.5, 0.6) is 0 Å². The van der Waals surface area contributed by atoms with E-state index in [0.717, 1.165) is 0 Å². The van der Waals surface area contributed by atoms with E-state index in [0.29, 0.717) is 0 Å². The minimum atomic E-state index is -1.81. The fraction of sp³-hybridized carbons (Fsp3) is 0.882. The molecule has 0 aromatic rings. The van der Waals surface area contributed by atoms with Crippen LogP contribution in [-0.2, 0) is 52.2 Å². The van der Waals surface area contributed by atoms with Crippen LogP contribution < -0.4 is 0 Å². The van der Waals surface area contributed by atoms with E-state index in [1.807, 2.05) is 0 Å². The molecule has 3 saturated heterocycles. The molecule has 5 fully saturated rings. The highest BCUT2D eigenvalue weighted by molar-refractivity contribution is 5.67. The van der Waals surface area contributed by atoms with Gasteiger partial charge in [0.25, 0.3) is 0 Å². The number of hydrogen-bond donors (Lipinski definition) is 9. The summed E-state index contributed by atoms with van der Waals surface area (Å²) in [6.45, 7) is 4.39. The molecule has 0 aromatic heterocycles. The second kappa shape index (κ2) is 16.0. The first kappa shape index (κ1) is 41.5. The fourth-order valence-corrected chi connectivity index (χ4v) is 9.08. The zero-order valence-corrected chi connectivity index (χ0v) is 30.2. The highest BCUT2D eigenvalue weighted by Crippen LogP contribution is 2.52. The van der Waals surface area contributed by atoms with Gasteiger partial charge >= 0.3 is 11.9 Å². The van der Waals surface area contributed by atoms with Crippen LogP contribution in [0.3, 0.4) is 0 Å². The normalized spacial score (nSPS) is 51.5. The van der Waals surface area contributed by atoms with Gasteiger partial charge in [-0.05, 0) is 19.9 Å². The number of fused-ring (bicyclic) bond motifs is 2. The summed E-state index contributed by atoms with van der Waals surface area (Å²) in [4.78, 5) is 24.1. The quantitative estimate of drug-likeness (QED) is 0.0961. The number of rotatable bonds is 10. The highest BCUT2D eigenvalue weighted by atomic mass is 16.8. The van der Waals surface area contributed by atoms with E-state index in [1.165, 1.54) is 20.1 Å². The largest absolute Gasteiger partial charge is 0.472 e. The second-order valence-corrected chi connectivity index (χ2v) is 15.5. The summed E-state index contributed by atoms with van der Waals surface area (Å²) in [6, 6.07) is 0. The van der Waals surface area contributed by atoms with Crippen molar-refractivity contribution in [3.05, 3.63) is 12.3 Å². The average molecular weight is 781 g/mol. The van der Waals surface area contributed by atoms with Gasteiger partial charge in [0.15, 0.2) is 25.2 Å². The van der Waals surface area contributed by atoms with Gasteiger partial charge in [0.05, 0.1) is 43.5 Å². The summed E-state index contributed by atoms with van der Waals surface area (Å²) < 4.78 is 52.4. The molecular formula is C34H52O20. The number of carbonyl (C=O) groups is 2. The number of ether oxygens (including phenoxy) is 9. The first-order chi connectivity index (χ1) is 25.4. The molecule has 2 saturated carbocycles. The molecule has 20 nitrogen and oxygen atoms in total. The van der Waals surface area contributed by atoms with E-state index >= 15 is 0 Å². The number of aliphatic hydroxyl groups excluding tert-OH is 9. The van der Waals surface area contributed by atoms with Gasteiger partial charge in [-0.25, -0.2) is 0 Å². The minimum Gasteiger partial charge on any atom is -0.472 e. The topological polar surface area (TPSA) is 299 Å². The summed E-state index contributed by atoms with van der Waals surface area (Å²) in [6.07, 6.45) is -19.5. The van der Waals surface area contributed by atoms with Crippen LogP contribution in [0.4, 0.5) is 0 Å². The van der Waals surface area contributed by atoms with E-state index in [4.69, 9.17) is 42.6 Å². The minimum absolute atomic E-state index is 0.00642. The Morgan fingerprint density at radius 3 is 1.81 bits per heavy atom. The van der Waals surface area contributed by atoms with Crippen LogP contribution in [0.25, 0.3) is 0 Å². The van der Waals surface area contributed by atoms with Crippen molar-refractivity contribution in [2.75, 3.05) is 13.2 Å². The van der Waals surface area contributed by atoms with Crippen molar-refractivity contribution in [1.29, 1.82) is 0 Å². The van der Waals surface area contributed by atoms with Crippen LogP contribution in [-0.4, -0.2) is 175 Å². The lowest BCUT2D eigenvalue weighted by Gasteiger charge is -2.47. The maximum absolute atomic E-state index is 12.1. The molecule has 21 unspecified atom stereocenters. The Kier molecular flexibility index (Phi) is 12.3. The van der Waals surface area contributed by atoms with Gasteiger partial charge in [-0.2, -0.15) is 0 Å². The average Bonchev–Trinajstić information content (AvgIpc) is 3.50. The van der Waals surface area contributed by atoms with Gasteiger partial charge in [0, 0.05) is 44.9 Å². The maximum Gasteiger partial charge on any atom is 0.303 e. The molecule has 308 valence electrons. The molecule has 9 N–H and O–H groups in total. The Morgan fingerprint density at radius 1 is 0.685 bits per heavy atom. The molecule has 4 aliphatic heterocycles. The van der Waals surface area contributed by atoms with E-state index in [2.05, 4.69) is 0 Å². The fourth-order valence-electron chi connectivity index (χ4n) is 9.08. The van der Waals surface area contributed by atoms with Crippen molar-refractivity contribution < 1.29 is 98.2 Å². The Morgan fingerprint density at radius 2 is 1.22 bits per heavy atom. The number of aliphatic hydroxyl groups is 9. The second-order valence-electron chi connectivity index (χ2n) is 15.5.